The average molecular weight is 490 g/mol. The van der Waals surface area contributed by atoms with Crippen molar-refractivity contribution >= 4 is 34.6 Å². The third kappa shape index (κ3) is 7.26. The lowest BCUT2D eigenvalue weighted by atomic mass is 9.99. The van der Waals surface area contributed by atoms with Crippen molar-refractivity contribution in [3.05, 3.63) is 84.6 Å². The van der Waals surface area contributed by atoms with Crippen molar-refractivity contribution in [1.82, 2.24) is 5.32 Å². The van der Waals surface area contributed by atoms with Crippen LogP contribution < -0.4 is 15.5 Å². The lowest BCUT2D eigenvalue weighted by Gasteiger charge is -2.27. The van der Waals surface area contributed by atoms with Crippen molar-refractivity contribution in [2.45, 2.75) is 42.9 Å². The molecule has 1 amide bonds. The molecule has 6 heteroatoms. The van der Waals surface area contributed by atoms with Gasteiger partial charge < -0.3 is 20.3 Å². The molecular formula is C29H35N3O2S. The highest BCUT2D eigenvalue weighted by Crippen LogP contribution is 2.38. The summed E-state index contributed by atoms with van der Waals surface area (Å²) in [6.45, 7) is 4.77. The van der Waals surface area contributed by atoms with E-state index in [4.69, 9.17) is 4.74 Å². The molecule has 5 nitrogen and oxygen atoms in total. The van der Waals surface area contributed by atoms with Gasteiger partial charge in [0.2, 0.25) is 5.91 Å². The predicted molar refractivity (Wildman–Crippen MR) is 148 cm³/mol. The van der Waals surface area contributed by atoms with E-state index in [0.717, 1.165) is 25.8 Å². The number of amides is 1. The smallest absolute Gasteiger partial charge is 0.220 e. The largest absolute Gasteiger partial charge is 0.380 e. The maximum absolute atomic E-state index is 11.9. The molecule has 0 fully saturated rings. The summed E-state index contributed by atoms with van der Waals surface area (Å²) in [6.07, 6.45) is 14.5. The fraction of sp³-hybridized carbons (Fsp3) is 0.345. The van der Waals surface area contributed by atoms with Crippen LogP contribution in [0.2, 0.25) is 0 Å². The summed E-state index contributed by atoms with van der Waals surface area (Å²) >= 11 is 1.85. The first-order valence-corrected chi connectivity index (χ1v) is 13.4. The van der Waals surface area contributed by atoms with Gasteiger partial charge in [0.05, 0.1) is 12.0 Å². The first kappa shape index (κ1) is 25.1. The van der Waals surface area contributed by atoms with Crippen LogP contribution in [0.3, 0.4) is 0 Å². The molecule has 2 aromatic rings. The molecule has 2 aliphatic heterocycles. The molecule has 2 aliphatic rings. The van der Waals surface area contributed by atoms with Crippen LogP contribution >= 0.6 is 11.8 Å². The first-order valence-electron chi connectivity index (χ1n) is 12.5. The van der Waals surface area contributed by atoms with E-state index in [1.54, 1.807) is 0 Å². The number of carbonyl (C=O) groups excluding carboxylic acids is 1. The Labute approximate surface area is 213 Å². The van der Waals surface area contributed by atoms with E-state index in [0.29, 0.717) is 26.2 Å². The number of hydrogen-bond donors (Lipinski definition) is 2. The van der Waals surface area contributed by atoms with Crippen LogP contribution in [0, 0.1) is 0 Å². The molecule has 0 saturated heterocycles. The number of ether oxygens (including phenoxy) is 1. The molecular weight excluding hydrogens is 454 g/mol. The van der Waals surface area contributed by atoms with Crippen molar-refractivity contribution in [3.8, 4) is 0 Å². The molecule has 184 valence electrons. The van der Waals surface area contributed by atoms with Gasteiger partial charge in [0, 0.05) is 54.2 Å². The minimum Gasteiger partial charge on any atom is -0.380 e. The molecule has 1 unspecified atom stereocenters. The lowest BCUT2D eigenvalue weighted by molar-refractivity contribution is -0.121. The summed E-state index contributed by atoms with van der Waals surface area (Å²) in [6, 6.07) is 17.0. The maximum Gasteiger partial charge on any atom is 0.220 e. The third-order valence-corrected chi connectivity index (χ3v) is 7.17. The molecule has 2 heterocycles. The fourth-order valence-corrected chi connectivity index (χ4v) is 5.28. The number of para-hydroxylation sites is 2. The predicted octanol–water partition coefficient (Wildman–Crippen LogP) is 6.22. The number of fused-ring (bicyclic) bond motifs is 2. The van der Waals surface area contributed by atoms with Gasteiger partial charge in [0.15, 0.2) is 0 Å². The highest BCUT2D eigenvalue weighted by molar-refractivity contribution is 8.00. The Morgan fingerprint density at radius 3 is 2.89 bits per heavy atom. The number of allylic oxidation sites excluding steroid dienone is 4. The van der Waals surface area contributed by atoms with Crippen LogP contribution in [0.25, 0.3) is 5.57 Å². The van der Waals surface area contributed by atoms with Gasteiger partial charge in [-0.05, 0) is 49.6 Å². The van der Waals surface area contributed by atoms with E-state index in [9.17, 15) is 4.79 Å². The van der Waals surface area contributed by atoms with E-state index in [1.807, 2.05) is 18.7 Å². The topological polar surface area (TPSA) is 53.6 Å². The molecule has 2 N–H and O–H groups in total. The number of rotatable bonds is 12. The van der Waals surface area contributed by atoms with Gasteiger partial charge >= 0.3 is 0 Å². The van der Waals surface area contributed by atoms with Crippen molar-refractivity contribution in [1.29, 1.82) is 0 Å². The molecule has 0 radical (unpaired) electrons. The van der Waals surface area contributed by atoms with Crippen LogP contribution in [-0.2, 0) is 9.53 Å². The summed E-state index contributed by atoms with van der Waals surface area (Å²) in [7, 11) is 0. The molecule has 4 rings (SSSR count). The first-order chi connectivity index (χ1) is 17.2. The van der Waals surface area contributed by atoms with Gasteiger partial charge in [-0.15, -0.1) is 0 Å². The summed E-state index contributed by atoms with van der Waals surface area (Å²) in [5, 5.41) is 6.72. The molecule has 0 aromatic heterocycles. The Morgan fingerprint density at radius 1 is 1.14 bits per heavy atom. The third-order valence-electron chi connectivity index (χ3n) is 6.03. The minimum atomic E-state index is 0.117. The van der Waals surface area contributed by atoms with Gasteiger partial charge in [-0.1, -0.05) is 66.7 Å². The molecule has 1 atom stereocenters. The number of anilines is 2. The second kappa shape index (κ2) is 13.2. The molecule has 35 heavy (non-hydrogen) atoms. The highest BCUT2D eigenvalue weighted by atomic mass is 32.2. The van der Waals surface area contributed by atoms with Crippen LogP contribution in [0.5, 0.6) is 0 Å². The van der Waals surface area contributed by atoms with Crippen molar-refractivity contribution in [2.75, 3.05) is 36.5 Å². The van der Waals surface area contributed by atoms with Crippen molar-refractivity contribution < 1.29 is 9.53 Å². The average Bonchev–Trinajstić information content (AvgIpc) is 3.30. The van der Waals surface area contributed by atoms with E-state index < -0.39 is 0 Å². The zero-order valence-corrected chi connectivity index (χ0v) is 21.2. The zero-order chi connectivity index (χ0) is 24.3. The Kier molecular flexibility index (Phi) is 9.49. The SMILES string of the molecule is CCOCCNC(=O)CCCCCN1C=CC(=CC=CC2Nc3ccccc3S2)c2ccccc21. The number of carbonyl (C=O) groups is 1. The minimum absolute atomic E-state index is 0.117. The van der Waals surface area contributed by atoms with Crippen LogP contribution in [0.4, 0.5) is 11.4 Å². The second-order valence-electron chi connectivity index (χ2n) is 8.57. The quantitative estimate of drug-likeness (QED) is 0.347. The van der Waals surface area contributed by atoms with Crippen LogP contribution in [-0.4, -0.2) is 37.6 Å². The number of nitrogens with one attached hydrogen (secondary N) is 2. The van der Waals surface area contributed by atoms with Gasteiger partial charge in [0.25, 0.3) is 0 Å². The highest BCUT2D eigenvalue weighted by Gasteiger charge is 2.18. The number of unbranched alkanes of at least 4 members (excludes halogenated alkanes) is 2. The monoisotopic (exact) mass is 489 g/mol. The Morgan fingerprint density at radius 2 is 2.00 bits per heavy atom. The number of hydrogen-bond acceptors (Lipinski definition) is 5. The molecule has 2 aromatic carbocycles. The standard InChI is InChI=1S/C29H35N3O2S/c1-2-34-22-19-30-28(33)16-4-3-9-20-32-21-18-23(24-12-5-7-14-26(24)32)11-10-17-29-31-25-13-6-8-15-27(25)35-29/h5-8,10-15,17-18,21,29,31H,2-4,9,16,19-20,22H2,1H3,(H,30,33). The Balaban J connectivity index is 1.25. The maximum atomic E-state index is 11.9. The summed E-state index contributed by atoms with van der Waals surface area (Å²) in [5.41, 5.74) is 4.92. The molecule has 0 bridgehead atoms. The van der Waals surface area contributed by atoms with E-state index >= 15 is 0 Å². The lowest BCUT2D eigenvalue weighted by Crippen LogP contribution is -2.27. The summed E-state index contributed by atoms with van der Waals surface area (Å²) < 4.78 is 5.25. The van der Waals surface area contributed by atoms with Crippen molar-refractivity contribution in [3.63, 3.8) is 0 Å². The van der Waals surface area contributed by atoms with Gasteiger partial charge in [-0.25, -0.2) is 0 Å². The van der Waals surface area contributed by atoms with Gasteiger partial charge in [-0.2, -0.15) is 0 Å². The number of thioether (sulfide) groups is 1. The number of nitrogens with zero attached hydrogens (tertiary/aromatic N) is 1. The normalized spacial score (nSPS) is 17.5. The van der Waals surface area contributed by atoms with Gasteiger partial charge in [-0.3, -0.25) is 4.79 Å². The van der Waals surface area contributed by atoms with Crippen LogP contribution in [0.1, 0.15) is 38.2 Å². The van der Waals surface area contributed by atoms with Gasteiger partial charge in [0.1, 0.15) is 0 Å². The number of benzene rings is 2. The van der Waals surface area contributed by atoms with E-state index in [2.05, 4.69) is 94.6 Å². The Bertz CT molecular complexity index is 1050. The summed E-state index contributed by atoms with van der Waals surface area (Å²) in [5.74, 6) is 0.117. The van der Waals surface area contributed by atoms with E-state index in [1.165, 1.54) is 27.4 Å². The Hall–Kier alpha value is -2.96. The van der Waals surface area contributed by atoms with Crippen LogP contribution in [0.15, 0.2) is 83.9 Å². The molecule has 0 aliphatic carbocycles. The van der Waals surface area contributed by atoms with E-state index in [-0.39, 0.29) is 11.3 Å². The fourth-order valence-electron chi connectivity index (χ4n) is 4.24. The molecule has 0 spiro atoms. The second-order valence-corrected chi connectivity index (χ2v) is 9.75. The van der Waals surface area contributed by atoms with Crippen molar-refractivity contribution in [2.24, 2.45) is 0 Å². The summed E-state index contributed by atoms with van der Waals surface area (Å²) in [4.78, 5) is 15.5. The molecule has 0 saturated carbocycles. The zero-order valence-electron chi connectivity index (χ0n) is 20.4.